The molecule has 1 fully saturated rings. The van der Waals surface area contributed by atoms with Crippen molar-refractivity contribution in [2.45, 2.75) is 37.7 Å². The lowest BCUT2D eigenvalue weighted by atomic mass is 10.1. The average Bonchev–Trinajstić information content (AvgIpc) is 1.89. The van der Waals surface area contributed by atoms with Crippen molar-refractivity contribution in [1.29, 1.82) is 0 Å². The Labute approximate surface area is 61.3 Å². The Balaban J connectivity index is 2.30. The lowest BCUT2D eigenvalue weighted by molar-refractivity contribution is 0.0176. The SMILES string of the molecule is CCC1OCCCC1Cl. The molecule has 1 aliphatic rings. The van der Waals surface area contributed by atoms with E-state index in [2.05, 4.69) is 6.92 Å². The largest absolute Gasteiger partial charge is 0.377 e. The van der Waals surface area contributed by atoms with Crippen molar-refractivity contribution < 1.29 is 4.74 Å². The molecular formula is C7H13ClO. The molecule has 0 N–H and O–H groups in total. The van der Waals surface area contributed by atoms with E-state index in [0.29, 0.717) is 6.10 Å². The summed E-state index contributed by atoms with van der Waals surface area (Å²) in [5.74, 6) is 0. The molecule has 1 nitrogen and oxygen atoms in total. The van der Waals surface area contributed by atoms with E-state index >= 15 is 0 Å². The van der Waals surface area contributed by atoms with Gasteiger partial charge in [-0.05, 0) is 19.3 Å². The fourth-order valence-electron chi connectivity index (χ4n) is 1.18. The molecule has 0 bridgehead atoms. The summed E-state index contributed by atoms with van der Waals surface area (Å²) in [7, 11) is 0. The normalized spacial score (nSPS) is 36.7. The van der Waals surface area contributed by atoms with Gasteiger partial charge in [0.05, 0.1) is 11.5 Å². The van der Waals surface area contributed by atoms with Crippen LogP contribution < -0.4 is 0 Å². The van der Waals surface area contributed by atoms with E-state index in [1.807, 2.05) is 0 Å². The molecule has 0 saturated carbocycles. The van der Waals surface area contributed by atoms with E-state index in [0.717, 1.165) is 25.9 Å². The fraction of sp³-hybridized carbons (Fsp3) is 1.00. The van der Waals surface area contributed by atoms with Crippen LogP contribution in [0.5, 0.6) is 0 Å². The van der Waals surface area contributed by atoms with Gasteiger partial charge < -0.3 is 4.74 Å². The van der Waals surface area contributed by atoms with E-state index in [1.54, 1.807) is 0 Å². The summed E-state index contributed by atoms with van der Waals surface area (Å²) < 4.78 is 5.41. The van der Waals surface area contributed by atoms with Gasteiger partial charge in [0.2, 0.25) is 0 Å². The minimum Gasteiger partial charge on any atom is -0.377 e. The van der Waals surface area contributed by atoms with Crippen LogP contribution in [0.3, 0.4) is 0 Å². The molecule has 2 atom stereocenters. The average molecular weight is 149 g/mol. The second-order valence-electron chi connectivity index (χ2n) is 2.48. The Morgan fingerprint density at radius 2 is 2.44 bits per heavy atom. The predicted octanol–water partition coefficient (Wildman–Crippen LogP) is 2.18. The topological polar surface area (TPSA) is 9.23 Å². The van der Waals surface area contributed by atoms with Gasteiger partial charge in [-0.25, -0.2) is 0 Å². The van der Waals surface area contributed by atoms with E-state index in [1.165, 1.54) is 0 Å². The van der Waals surface area contributed by atoms with Gasteiger partial charge in [-0.1, -0.05) is 6.92 Å². The first-order valence-corrected chi connectivity index (χ1v) is 4.04. The van der Waals surface area contributed by atoms with Crippen LogP contribution in [0.1, 0.15) is 26.2 Å². The molecule has 0 aromatic carbocycles. The van der Waals surface area contributed by atoms with Crippen LogP contribution in [-0.2, 0) is 4.74 Å². The van der Waals surface area contributed by atoms with Crippen molar-refractivity contribution in [3.05, 3.63) is 0 Å². The van der Waals surface area contributed by atoms with Gasteiger partial charge in [-0.3, -0.25) is 0 Å². The molecule has 54 valence electrons. The van der Waals surface area contributed by atoms with Crippen molar-refractivity contribution in [2.24, 2.45) is 0 Å². The number of hydrogen-bond donors (Lipinski definition) is 0. The van der Waals surface area contributed by atoms with Crippen LogP contribution in [0, 0.1) is 0 Å². The van der Waals surface area contributed by atoms with Crippen molar-refractivity contribution in [3.63, 3.8) is 0 Å². The van der Waals surface area contributed by atoms with Gasteiger partial charge in [0.15, 0.2) is 0 Å². The van der Waals surface area contributed by atoms with Gasteiger partial charge in [-0.15, -0.1) is 11.6 Å². The second-order valence-corrected chi connectivity index (χ2v) is 3.04. The molecule has 0 aromatic heterocycles. The highest BCUT2D eigenvalue weighted by molar-refractivity contribution is 6.21. The van der Waals surface area contributed by atoms with Crippen LogP contribution in [0.15, 0.2) is 0 Å². The van der Waals surface area contributed by atoms with Gasteiger partial charge >= 0.3 is 0 Å². The molecule has 0 aliphatic carbocycles. The first-order chi connectivity index (χ1) is 4.34. The van der Waals surface area contributed by atoms with E-state index in [4.69, 9.17) is 16.3 Å². The van der Waals surface area contributed by atoms with E-state index in [-0.39, 0.29) is 5.38 Å². The second kappa shape index (κ2) is 3.43. The molecule has 2 unspecified atom stereocenters. The molecule has 0 radical (unpaired) electrons. The quantitative estimate of drug-likeness (QED) is 0.518. The summed E-state index contributed by atoms with van der Waals surface area (Å²) in [6.07, 6.45) is 3.62. The molecule has 0 amide bonds. The molecule has 9 heavy (non-hydrogen) atoms. The van der Waals surface area contributed by atoms with Crippen molar-refractivity contribution in [3.8, 4) is 0 Å². The van der Waals surface area contributed by atoms with E-state index in [9.17, 15) is 0 Å². The summed E-state index contributed by atoms with van der Waals surface area (Å²) in [5, 5.41) is 0.267. The van der Waals surface area contributed by atoms with Crippen LogP contribution in [-0.4, -0.2) is 18.1 Å². The Kier molecular flexibility index (Phi) is 2.80. The van der Waals surface area contributed by atoms with Gasteiger partial charge in [0.1, 0.15) is 0 Å². The Morgan fingerprint density at radius 1 is 1.67 bits per heavy atom. The maximum absolute atomic E-state index is 5.96. The van der Waals surface area contributed by atoms with E-state index < -0.39 is 0 Å². The molecule has 1 saturated heterocycles. The number of alkyl halides is 1. The van der Waals surface area contributed by atoms with Gasteiger partial charge in [-0.2, -0.15) is 0 Å². The molecule has 1 rings (SSSR count). The Morgan fingerprint density at radius 3 is 2.89 bits per heavy atom. The molecule has 0 spiro atoms. The van der Waals surface area contributed by atoms with Crippen LogP contribution >= 0.6 is 11.6 Å². The summed E-state index contributed by atoms with van der Waals surface area (Å²) in [4.78, 5) is 0. The first-order valence-electron chi connectivity index (χ1n) is 3.60. The van der Waals surface area contributed by atoms with Crippen LogP contribution in [0.25, 0.3) is 0 Å². The third kappa shape index (κ3) is 1.84. The van der Waals surface area contributed by atoms with Crippen LogP contribution in [0.4, 0.5) is 0 Å². The zero-order chi connectivity index (χ0) is 6.69. The third-order valence-electron chi connectivity index (χ3n) is 1.76. The number of ether oxygens (including phenoxy) is 1. The molecule has 0 aromatic rings. The highest BCUT2D eigenvalue weighted by Crippen LogP contribution is 2.20. The zero-order valence-electron chi connectivity index (χ0n) is 5.77. The van der Waals surface area contributed by atoms with Gasteiger partial charge in [0, 0.05) is 6.61 Å². The maximum Gasteiger partial charge on any atom is 0.0735 e. The zero-order valence-corrected chi connectivity index (χ0v) is 6.53. The number of halogens is 1. The third-order valence-corrected chi connectivity index (χ3v) is 2.26. The number of hydrogen-bond acceptors (Lipinski definition) is 1. The summed E-state index contributed by atoms with van der Waals surface area (Å²) in [6, 6.07) is 0. The van der Waals surface area contributed by atoms with Crippen molar-refractivity contribution in [1.82, 2.24) is 0 Å². The molecule has 1 aliphatic heterocycles. The Hall–Kier alpha value is 0.250. The lowest BCUT2D eigenvalue weighted by Crippen LogP contribution is -2.29. The highest BCUT2D eigenvalue weighted by Gasteiger charge is 2.21. The number of rotatable bonds is 1. The molecule has 1 heterocycles. The summed E-state index contributed by atoms with van der Waals surface area (Å²) >= 11 is 5.96. The fourth-order valence-corrected chi connectivity index (χ4v) is 1.58. The van der Waals surface area contributed by atoms with Crippen molar-refractivity contribution in [2.75, 3.05) is 6.61 Å². The maximum atomic E-state index is 5.96. The smallest absolute Gasteiger partial charge is 0.0735 e. The predicted molar refractivity (Wildman–Crippen MR) is 38.9 cm³/mol. The monoisotopic (exact) mass is 148 g/mol. The molecular weight excluding hydrogens is 136 g/mol. The highest BCUT2D eigenvalue weighted by atomic mass is 35.5. The molecule has 2 heteroatoms. The van der Waals surface area contributed by atoms with Gasteiger partial charge in [0.25, 0.3) is 0 Å². The first kappa shape index (κ1) is 7.36. The Bertz CT molecular complexity index is 85.0. The standard InChI is InChI=1S/C7H13ClO/c1-2-7-6(8)4-3-5-9-7/h6-7H,2-5H2,1H3. The minimum absolute atomic E-state index is 0.267. The summed E-state index contributed by atoms with van der Waals surface area (Å²) in [6.45, 7) is 3.02. The minimum atomic E-state index is 0.267. The summed E-state index contributed by atoms with van der Waals surface area (Å²) in [5.41, 5.74) is 0. The van der Waals surface area contributed by atoms with Crippen molar-refractivity contribution >= 4 is 11.6 Å². The van der Waals surface area contributed by atoms with Crippen LogP contribution in [0.2, 0.25) is 0 Å². The lowest BCUT2D eigenvalue weighted by Gasteiger charge is -2.26.